The van der Waals surface area contributed by atoms with Crippen LogP contribution in [0.2, 0.25) is 0 Å². The molecule has 2 rings (SSSR count). The first-order valence-corrected chi connectivity index (χ1v) is 10.2. The van der Waals surface area contributed by atoms with Crippen molar-refractivity contribution < 1.29 is 9.90 Å². The SMILES string of the molecule is C=CCc1c(C)nc(/C(S)=C/C=C/C=C\C)nc1Nc1ccc(C(=O)O)cc1.CC. The van der Waals surface area contributed by atoms with Crippen molar-refractivity contribution in [3.63, 3.8) is 0 Å². The number of aromatic carboxylic acids is 1. The van der Waals surface area contributed by atoms with Gasteiger partial charge in [-0.25, -0.2) is 14.8 Å². The Morgan fingerprint density at radius 2 is 1.83 bits per heavy atom. The number of hydrogen-bond donors (Lipinski definition) is 3. The van der Waals surface area contributed by atoms with Crippen molar-refractivity contribution in [2.24, 2.45) is 0 Å². The third kappa shape index (κ3) is 7.37. The molecule has 2 aromatic rings. The number of anilines is 2. The molecule has 6 heteroatoms. The zero-order valence-electron chi connectivity index (χ0n) is 17.9. The summed E-state index contributed by atoms with van der Waals surface area (Å²) in [5.74, 6) is 0.182. The quantitative estimate of drug-likeness (QED) is 0.261. The normalized spacial score (nSPS) is 11.3. The molecule has 0 atom stereocenters. The van der Waals surface area contributed by atoms with E-state index in [9.17, 15) is 4.79 Å². The highest BCUT2D eigenvalue weighted by molar-refractivity contribution is 7.90. The van der Waals surface area contributed by atoms with Crippen LogP contribution in [0.15, 0.2) is 67.3 Å². The zero-order chi connectivity index (χ0) is 22.5. The number of aryl methyl sites for hydroxylation is 1. The van der Waals surface area contributed by atoms with E-state index in [0.29, 0.717) is 23.0 Å². The van der Waals surface area contributed by atoms with Crippen molar-refractivity contribution in [2.45, 2.75) is 34.1 Å². The van der Waals surface area contributed by atoms with E-state index in [1.165, 1.54) is 0 Å². The third-order valence-corrected chi connectivity index (χ3v) is 4.20. The summed E-state index contributed by atoms with van der Waals surface area (Å²) in [4.78, 5) is 20.8. The standard InChI is InChI=1S/C22H23N3O2S.C2H6/c1-4-6-7-8-10-19(28)21-23-15(3)18(9-5-2)20(25-21)24-17-13-11-16(12-14-17)22(26)27;1-2/h4-8,10-14,28H,2,9H2,1,3H3,(H,26,27)(H,23,24,25);1-2H3/b6-4-,8-7+,19-10-;. The van der Waals surface area contributed by atoms with Crippen molar-refractivity contribution in [2.75, 3.05) is 5.32 Å². The Labute approximate surface area is 184 Å². The van der Waals surface area contributed by atoms with Crippen molar-refractivity contribution in [1.29, 1.82) is 0 Å². The average molecular weight is 424 g/mol. The second-order valence-electron chi connectivity index (χ2n) is 5.92. The first kappa shape index (κ1) is 24.9. The predicted molar refractivity (Wildman–Crippen MR) is 130 cm³/mol. The summed E-state index contributed by atoms with van der Waals surface area (Å²) < 4.78 is 0. The molecular formula is C24H29N3O2S. The van der Waals surface area contributed by atoms with Gasteiger partial charge in [-0.3, -0.25) is 0 Å². The maximum Gasteiger partial charge on any atom is 0.335 e. The van der Waals surface area contributed by atoms with Gasteiger partial charge < -0.3 is 10.4 Å². The van der Waals surface area contributed by atoms with Gasteiger partial charge in [0.05, 0.1) is 5.56 Å². The maximum absolute atomic E-state index is 11.0. The lowest BCUT2D eigenvalue weighted by atomic mass is 10.1. The smallest absolute Gasteiger partial charge is 0.335 e. The number of carbonyl (C=O) groups is 1. The summed E-state index contributed by atoms with van der Waals surface area (Å²) in [5.41, 5.74) is 2.71. The molecule has 0 radical (unpaired) electrons. The highest BCUT2D eigenvalue weighted by Crippen LogP contribution is 2.25. The van der Waals surface area contributed by atoms with Gasteiger partial charge in [-0.2, -0.15) is 0 Å². The van der Waals surface area contributed by atoms with E-state index in [1.54, 1.807) is 30.3 Å². The minimum absolute atomic E-state index is 0.227. The third-order valence-electron chi connectivity index (χ3n) is 3.85. The summed E-state index contributed by atoms with van der Waals surface area (Å²) in [7, 11) is 0. The van der Waals surface area contributed by atoms with Crippen LogP contribution in [0.5, 0.6) is 0 Å². The summed E-state index contributed by atoms with van der Waals surface area (Å²) in [6, 6.07) is 6.50. The second-order valence-corrected chi connectivity index (χ2v) is 6.40. The van der Waals surface area contributed by atoms with Gasteiger partial charge in [0.1, 0.15) is 5.82 Å². The Balaban J connectivity index is 0.00000218. The molecule has 158 valence electrons. The number of rotatable bonds is 8. The number of carboxylic acid groups (broad SMARTS) is 1. The molecule has 2 N–H and O–H groups in total. The monoisotopic (exact) mass is 423 g/mol. The molecule has 0 aliphatic heterocycles. The number of thiol groups is 1. The van der Waals surface area contributed by atoms with Gasteiger partial charge in [0.25, 0.3) is 0 Å². The molecule has 30 heavy (non-hydrogen) atoms. The van der Waals surface area contributed by atoms with Crippen LogP contribution in [0.1, 0.15) is 48.2 Å². The number of nitrogens with one attached hydrogen (secondary N) is 1. The van der Waals surface area contributed by atoms with Crippen LogP contribution in [0.4, 0.5) is 11.5 Å². The van der Waals surface area contributed by atoms with E-state index in [1.807, 2.05) is 58.1 Å². The van der Waals surface area contributed by atoms with E-state index >= 15 is 0 Å². The van der Waals surface area contributed by atoms with E-state index in [0.717, 1.165) is 16.9 Å². The average Bonchev–Trinajstić information content (AvgIpc) is 2.75. The van der Waals surface area contributed by atoms with Crippen molar-refractivity contribution >= 4 is 35.0 Å². The fraction of sp³-hybridized carbons (Fsp3) is 0.208. The number of nitrogens with zero attached hydrogens (tertiary/aromatic N) is 2. The lowest BCUT2D eigenvalue weighted by molar-refractivity contribution is 0.0697. The Morgan fingerprint density at radius 1 is 1.17 bits per heavy atom. The predicted octanol–water partition coefficient (Wildman–Crippen LogP) is 6.38. The molecule has 0 bridgehead atoms. The molecule has 0 unspecified atom stereocenters. The molecule has 0 aliphatic carbocycles. The summed E-state index contributed by atoms with van der Waals surface area (Å²) >= 11 is 4.51. The topological polar surface area (TPSA) is 75.1 Å². The molecule has 0 saturated heterocycles. The molecule has 1 aromatic heterocycles. The largest absolute Gasteiger partial charge is 0.478 e. The first-order valence-electron chi connectivity index (χ1n) is 9.74. The van der Waals surface area contributed by atoms with Gasteiger partial charge in [0.2, 0.25) is 0 Å². The van der Waals surface area contributed by atoms with Crippen LogP contribution in [0.3, 0.4) is 0 Å². The zero-order valence-corrected chi connectivity index (χ0v) is 18.8. The van der Waals surface area contributed by atoms with Crippen LogP contribution in [0.25, 0.3) is 4.91 Å². The number of carboxylic acids is 1. The van der Waals surface area contributed by atoms with Gasteiger partial charge in [0, 0.05) is 21.8 Å². The van der Waals surface area contributed by atoms with E-state index in [2.05, 4.69) is 34.5 Å². The van der Waals surface area contributed by atoms with Gasteiger partial charge in [-0.15, -0.1) is 19.2 Å². The van der Waals surface area contributed by atoms with Gasteiger partial charge in [-0.1, -0.05) is 44.2 Å². The van der Waals surface area contributed by atoms with E-state index in [4.69, 9.17) is 5.11 Å². The Morgan fingerprint density at radius 3 is 2.40 bits per heavy atom. The fourth-order valence-corrected chi connectivity index (χ4v) is 2.62. The Bertz CT molecular complexity index is 946. The lowest BCUT2D eigenvalue weighted by Gasteiger charge is -2.14. The Hall–Kier alpha value is -3.12. The van der Waals surface area contributed by atoms with Crippen molar-refractivity contribution in [1.82, 2.24) is 9.97 Å². The number of allylic oxidation sites excluding steroid dienone is 6. The first-order chi connectivity index (χ1) is 14.5. The maximum atomic E-state index is 11.0. The number of aromatic nitrogens is 2. The van der Waals surface area contributed by atoms with Crippen LogP contribution < -0.4 is 5.32 Å². The van der Waals surface area contributed by atoms with Crippen LogP contribution in [-0.4, -0.2) is 21.0 Å². The van der Waals surface area contributed by atoms with E-state index < -0.39 is 5.97 Å². The summed E-state index contributed by atoms with van der Waals surface area (Å²) in [6.45, 7) is 11.7. The molecule has 1 aromatic carbocycles. The van der Waals surface area contributed by atoms with Crippen LogP contribution >= 0.6 is 12.6 Å². The minimum Gasteiger partial charge on any atom is -0.478 e. The highest BCUT2D eigenvalue weighted by atomic mass is 32.1. The molecular weight excluding hydrogens is 394 g/mol. The summed E-state index contributed by atoms with van der Waals surface area (Å²) in [5, 5.41) is 12.3. The number of hydrogen-bond acceptors (Lipinski definition) is 5. The lowest BCUT2D eigenvalue weighted by Crippen LogP contribution is -2.06. The van der Waals surface area contributed by atoms with Gasteiger partial charge in [-0.05, 0) is 50.6 Å². The molecule has 0 spiro atoms. The van der Waals surface area contributed by atoms with Crippen molar-refractivity contribution in [3.8, 4) is 0 Å². The molecule has 0 fully saturated rings. The molecule has 0 saturated carbocycles. The molecule has 0 amide bonds. The minimum atomic E-state index is -0.963. The van der Waals surface area contributed by atoms with Gasteiger partial charge in [0.15, 0.2) is 5.82 Å². The highest BCUT2D eigenvalue weighted by Gasteiger charge is 2.13. The molecule has 0 aliphatic rings. The van der Waals surface area contributed by atoms with Crippen LogP contribution in [0, 0.1) is 6.92 Å². The van der Waals surface area contributed by atoms with Crippen LogP contribution in [-0.2, 0) is 6.42 Å². The summed E-state index contributed by atoms with van der Waals surface area (Å²) in [6.07, 6.45) is 11.9. The molecule has 1 heterocycles. The number of benzene rings is 1. The second kappa shape index (κ2) is 13.2. The molecule has 5 nitrogen and oxygen atoms in total. The van der Waals surface area contributed by atoms with Crippen molar-refractivity contribution in [3.05, 3.63) is 89.9 Å². The Kier molecular flexibility index (Phi) is 10.9. The van der Waals surface area contributed by atoms with E-state index in [-0.39, 0.29) is 5.56 Å². The van der Waals surface area contributed by atoms with Gasteiger partial charge >= 0.3 is 5.97 Å². The fourth-order valence-electron chi connectivity index (χ4n) is 2.43.